The lowest BCUT2D eigenvalue weighted by atomic mass is 10.0. The molecule has 2 unspecified atom stereocenters. The van der Waals surface area contributed by atoms with Crippen LogP contribution in [0.1, 0.15) is 43.6 Å². The second kappa shape index (κ2) is 7.73. The van der Waals surface area contributed by atoms with Crippen molar-refractivity contribution in [2.45, 2.75) is 46.7 Å². The zero-order valence-corrected chi connectivity index (χ0v) is 13.8. The maximum Gasteiger partial charge on any atom is 0.251 e. The van der Waals surface area contributed by atoms with Crippen LogP contribution in [-0.4, -0.2) is 29.7 Å². The van der Waals surface area contributed by atoms with E-state index in [9.17, 15) is 14.4 Å². The van der Waals surface area contributed by atoms with Crippen LogP contribution < -0.4 is 10.6 Å². The van der Waals surface area contributed by atoms with Gasteiger partial charge in [0.2, 0.25) is 5.91 Å². The van der Waals surface area contributed by atoms with Crippen LogP contribution in [0.15, 0.2) is 24.3 Å². The van der Waals surface area contributed by atoms with E-state index in [1.54, 1.807) is 19.1 Å². The van der Waals surface area contributed by atoms with E-state index in [1.807, 2.05) is 32.9 Å². The first-order chi connectivity index (χ1) is 10.2. The fourth-order valence-electron chi connectivity index (χ4n) is 1.87. The number of aryl methyl sites for hydroxylation is 1. The zero-order chi connectivity index (χ0) is 16.9. The summed E-state index contributed by atoms with van der Waals surface area (Å²) in [6.45, 7) is 8.67. The van der Waals surface area contributed by atoms with Crippen molar-refractivity contribution in [2.75, 3.05) is 0 Å². The van der Waals surface area contributed by atoms with Gasteiger partial charge in [-0.2, -0.15) is 0 Å². The second-order valence-electron chi connectivity index (χ2n) is 5.90. The lowest BCUT2D eigenvalue weighted by molar-refractivity contribution is -0.128. The van der Waals surface area contributed by atoms with Crippen LogP contribution in [0.4, 0.5) is 0 Å². The molecule has 1 rings (SSSR count). The van der Waals surface area contributed by atoms with Gasteiger partial charge in [-0.15, -0.1) is 0 Å². The number of Topliss-reactive ketones (excluding diaryl/α,β-unsaturated/α-hetero) is 1. The Morgan fingerprint density at radius 1 is 0.955 bits per heavy atom. The first-order valence-electron chi connectivity index (χ1n) is 7.40. The fraction of sp³-hybridized carbons (Fsp3) is 0.471. The van der Waals surface area contributed by atoms with E-state index in [1.165, 1.54) is 6.92 Å². The molecule has 0 fully saturated rings. The highest BCUT2D eigenvalue weighted by Crippen LogP contribution is 2.07. The lowest BCUT2D eigenvalue weighted by Gasteiger charge is -2.23. The SMILES string of the molecule is CC(=O)C(C)NC(=O)C(NC(=O)c1ccc(C)cc1)C(C)C. The summed E-state index contributed by atoms with van der Waals surface area (Å²) >= 11 is 0. The van der Waals surface area contributed by atoms with Crippen LogP contribution in [0.3, 0.4) is 0 Å². The van der Waals surface area contributed by atoms with Crippen LogP contribution in [0.2, 0.25) is 0 Å². The Bertz CT molecular complexity index is 550. The molecule has 5 nitrogen and oxygen atoms in total. The molecule has 0 radical (unpaired) electrons. The minimum Gasteiger partial charge on any atom is -0.345 e. The predicted octanol–water partition coefficient (Wildman–Crippen LogP) is 1.84. The number of amides is 2. The van der Waals surface area contributed by atoms with E-state index >= 15 is 0 Å². The maximum absolute atomic E-state index is 12.2. The normalized spacial score (nSPS) is 13.4. The summed E-state index contributed by atoms with van der Waals surface area (Å²) in [6, 6.07) is 5.88. The molecule has 2 atom stereocenters. The number of rotatable bonds is 6. The molecule has 120 valence electrons. The predicted molar refractivity (Wildman–Crippen MR) is 85.6 cm³/mol. The van der Waals surface area contributed by atoms with Gasteiger partial charge in [0.1, 0.15) is 6.04 Å². The average molecular weight is 304 g/mol. The molecular weight excluding hydrogens is 280 g/mol. The van der Waals surface area contributed by atoms with E-state index in [-0.39, 0.29) is 23.5 Å². The van der Waals surface area contributed by atoms with E-state index in [2.05, 4.69) is 10.6 Å². The topological polar surface area (TPSA) is 75.3 Å². The Balaban J connectivity index is 2.79. The average Bonchev–Trinajstić information content (AvgIpc) is 2.44. The zero-order valence-electron chi connectivity index (χ0n) is 13.8. The number of carbonyl (C=O) groups is 3. The number of benzene rings is 1. The van der Waals surface area contributed by atoms with Crippen LogP contribution >= 0.6 is 0 Å². The highest BCUT2D eigenvalue weighted by molar-refractivity contribution is 5.98. The van der Waals surface area contributed by atoms with Gasteiger partial charge in [0.25, 0.3) is 5.91 Å². The first-order valence-corrected chi connectivity index (χ1v) is 7.40. The molecule has 5 heteroatoms. The lowest BCUT2D eigenvalue weighted by Crippen LogP contribution is -2.52. The molecular formula is C17H24N2O3. The molecule has 0 aliphatic carbocycles. The van der Waals surface area contributed by atoms with Crippen molar-refractivity contribution in [3.8, 4) is 0 Å². The van der Waals surface area contributed by atoms with Crippen LogP contribution in [0.5, 0.6) is 0 Å². The van der Waals surface area contributed by atoms with Gasteiger partial charge in [0.15, 0.2) is 5.78 Å². The van der Waals surface area contributed by atoms with Gasteiger partial charge in [0, 0.05) is 5.56 Å². The van der Waals surface area contributed by atoms with Crippen LogP contribution in [0.25, 0.3) is 0 Å². The Hall–Kier alpha value is -2.17. The molecule has 2 amide bonds. The largest absolute Gasteiger partial charge is 0.345 e. The van der Waals surface area contributed by atoms with Crippen molar-refractivity contribution in [1.82, 2.24) is 10.6 Å². The summed E-state index contributed by atoms with van der Waals surface area (Å²) in [4.78, 5) is 35.7. The first kappa shape index (κ1) is 17.9. The Morgan fingerprint density at radius 3 is 1.95 bits per heavy atom. The van der Waals surface area contributed by atoms with E-state index in [0.29, 0.717) is 5.56 Å². The van der Waals surface area contributed by atoms with Crippen molar-refractivity contribution in [3.63, 3.8) is 0 Å². The number of ketones is 1. The Morgan fingerprint density at radius 2 is 1.50 bits per heavy atom. The molecule has 0 saturated carbocycles. The van der Waals surface area contributed by atoms with E-state index in [4.69, 9.17) is 0 Å². The number of hydrogen-bond donors (Lipinski definition) is 2. The highest BCUT2D eigenvalue weighted by Gasteiger charge is 2.26. The van der Waals surface area contributed by atoms with Gasteiger partial charge >= 0.3 is 0 Å². The number of hydrogen-bond acceptors (Lipinski definition) is 3. The Kier molecular flexibility index (Phi) is 6.28. The van der Waals surface area contributed by atoms with E-state index in [0.717, 1.165) is 5.56 Å². The van der Waals surface area contributed by atoms with Crippen LogP contribution in [0, 0.1) is 12.8 Å². The summed E-state index contributed by atoms with van der Waals surface area (Å²) in [7, 11) is 0. The van der Waals surface area contributed by atoms with Gasteiger partial charge in [-0.05, 0) is 38.8 Å². The molecule has 0 saturated heterocycles. The minimum atomic E-state index is -0.685. The third kappa shape index (κ3) is 4.98. The molecule has 0 spiro atoms. The van der Waals surface area contributed by atoms with Crippen molar-refractivity contribution < 1.29 is 14.4 Å². The quantitative estimate of drug-likeness (QED) is 0.842. The monoisotopic (exact) mass is 304 g/mol. The molecule has 22 heavy (non-hydrogen) atoms. The van der Waals surface area contributed by atoms with Crippen molar-refractivity contribution >= 4 is 17.6 Å². The maximum atomic E-state index is 12.2. The molecule has 1 aromatic rings. The summed E-state index contributed by atoms with van der Waals surface area (Å²) < 4.78 is 0. The summed E-state index contributed by atoms with van der Waals surface area (Å²) in [5, 5.41) is 5.36. The molecule has 0 aromatic heterocycles. The van der Waals surface area contributed by atoms with Crippen molar-refractivity contribution in [3.05, 3.63) is 35.4 Å². The molecule has 0 aliphatic heterocycles. The molecule has 0 bridgehead atoms. The van der Waals surface area contributed by atoms with Gasteiger partial charge in [-0.1, -0.05) is 31.5 Å². The molecule has 1 aromatic carbocycles. The molecule has 0 heterocycles. The fourth-order valence-corrected chi connectivity index (χ4v) is 1.87. The highest BCUT2D eigenvalue weighted by atomic mass is 16.2. The molecule has 0 aliphatic rings. The minimum absolute atomic E-state index is 0.0893. The van der Waals surface area contributed by atoms with Gasteiger partial charge < -0.3 is 10.6 Å². The van der Waals surface area contributed by atoms with E-state index < -0.39 is 12.1 Å². The Labute approximate surface area is 131 Å². The summed E-state index contributed by atoms with van der Waals surface area (Å²) in [5.74, 6) is -0.864. The molecule has 2 N–H and O–H groups in total. The summed E-state index contributed by atoms with van der Waals surface area (Å²) in [5.41, 5.74) is 1.56. The number of nitrogens with one attached hydrogen (secondary N) is 2. The van der Waals surface area contributed by atoms with Crippen LogP contribution in [-0.2, 0) is 9.59 Å². The van der Waals surface area contributed by atoms with Crippen molar-refractivity contribution in [1.29, 1.82) is 0 Å². The summed E-state index contributed by atoms with van der Waals surface area (Å²) in [6.07, 6.45) is 0. The van der Waals surface area contributed by atoms with Crippen molar-refractivity contribution in [2.24, 2.45) is 5.92 Å². The third-order valence-corrected chi connectivity index (χ3v) is 3.52. The number of carbonyl (C=O) groups excluding carboxylic acids is 3. The van der Waals surface area contributed by atoms with Gasteiger partial charge in [-0.3, -0.25) is 14.4 Å². The van der Waals surface area contributed by atoms with Gasteiger partial charge in [-0.25, -0.2) is 0 Å². The smallest absolute Gasteiger partial charge is 0.251 e. The second-order valence-corrected chi connectivity index (χ2v) is 5.90. The third-order valence-electron chi connectivity index (χ3n) is 3.52. The van der Waals surface area contributed by atoms with Gasteiger partial charge in [0.05, 0.1) is 6.04 Å². The standard InChI is InChI=1S/C17H24N2O3/c1-10(2)15(17(22)18-12(4)13(5)20)19-16(21)14-8-6-11(3)7-9-14/h6-10,12,15H,1-5H3,(H,18,22)(H,19,21).